The third-order valence-corrected chi connectivity index (χ3v) is 3.34. The summed E-state index contributed by atoms with van der Waals surface area (Å²) < 4.78 is 5.84. The molecule has 2 heteroatoms. The van der Waals surface area contributed by atoms with Gasteiger partial charge in [0.2, 0.25) is 0 Å². The molecule has 2 nitrogen and oxygen atoms in total. The van der Waals surface area contributed by atoms with Crippen molar-refractivity contribution in [3.63, 3.8) is 0 Å². The zero-order chi connectivity index (χ0) is 13.8. The van der Waals surface area contributed by atoms with Gasteiger partial charge in [-0.25, -0.2) is 0 Å². The van der Waals surface area contributed by atoms with Crippen LogP contribution >= 0.6 is 0 Å². The van der Waals surface area contributed by atoms with Crippen LogP contribution in [0.5, 0.6) is 5.75 Å². The molecule has 0 saturated carbocycles. The first-order valence-electron chi connectivity index (χ1n) is 7.78. The summed E-state index contributed by atoms with van der Waals surface area (Å²) in [6, 6.07) is 10.6. The molecule has 0 aliphatic rings. The normalized spacial score (nSPS) is 12.3. The van der Waals surface area contributed by atoms with Crippen molar-refractivity contribution in [3.8, 4) is 5.75 Å². The first-order valence-corrected chi connectivity index (χ1v) is 7.78. The average molecular weight is 263 g/mol. The van der Waals surface area contributed by atoms with E-state index in [1.807, 2.05) is 30.3 Å². The molecule has 19 heavy (non-hydrogen) atoms. The van der Waals surface area contributed by atoms with Crippen LogP contribution in [0.4, 0.5) is 0 Å². The molecular weight excluding hydrogens is 234 g/mol. The Balaban J connectivity index is 2.20. The van der Waals surface area contributed by atoms with Crippen molar-refractivity contribution in [2.24, 2.45) is 0 Å². The van der Waals surface area contributed by atoms with E-state index < -0.39 is 0 Å². The maximum absolute atomic E-state index is 5.84. The number of ether oxygens (including phenoxy) is 1. The molecule has 1 aromatic carbocycles. The summed E-state index contributed by atoms with van der Waals surface area (Å²) in [7, 11) is 0. The molecule has 0 fully saturated rings. The van der Waals surface area contributed by atoms with Gasteiger partial charge in [-0.2, -0.15) is 0 Å². The third-order valence-electron chi connectivity index (χ3n) is 3.34. The van der Waals surface area contributed by atoms with Crippen LogP contribution in [0.2, 0.25) is 0 Å². The van der Waals surface area contributed by atoms with Gasteiger partial charge in [-0.05, 0) is 25.1 Å². The van der Waals surface area contributed by atoms with E-state index >= 15 is 0 Å². The van der Waals surface area contributed by atoms with Crippen molar-refractivity contribution in [1.29, 1.82) is 0 Å². The van der Waals surface area contributed by atoms with Crippen LogP contribution in [0.3, 0.4) is 0 Å². The molecule has 0 spiro atoms. The van der Waals surface area contributed by atoms with Gasteiger partial charge in [0.15, 0.2) is 0 Å². The Morgan fingerprint density at radius 3 is 2.42 bits per heavy atom. The molecule has 1 atom stereocenters. The highest BCUT2D eigenvalue weighted by atomic mass is 16.5. The minimum atomic E-state index is 0.479. The molecule has 1 unspecified atom stereocenters. The molecule has 0 aliphatic carbocycles. The maximum Gasteiger partial charge on any atom is 0.119 e. The molecule has 1 rings (SSSR count). The Bertz CT molecular complexity index is 299. The average Bonchev–Trinajstić information content (AvgIpc) is 2.45. The van der Waals surface area contributed by atoms with E-state index in [1.165, 1.54) is 38.5 Å². The molecule has 0 heterocycles. The summed E-state index contributed by atoms with van der Waals surface area (Å²) in [5.41, 5.74) is 0. The molecule has 0 aromatic heterocycles. The largest absolute Gasteiger partial charge is 0.492 e. The van der Waals surface area contributed by atoms with Gasteiger partial charge in [-0.1, -0.05) is 64.2 Å². The molecule has 0 aliphatic heterocycles. The van der Waals surface area contributed by atoms with E-state index in [0.29, 0.717) is 6.04 Å². The van der Waals surface area contributed by atoms with Gasteiger partial charge in [0, 0.05) is 6.04 Å². The minimum Gasteiger partial charge on any atom is -0.492 e. The summed E-state index contributed by atoms with van der Waals surface area (Å²) in [4.78, 5) is 0. The SMILES string of the molecule is CCCCCCCC(COc1ccccc1)NCC. The van der Waals surface area contributed by atoms with Crippen LogP contribution in [0, 0.1) is 0 Å². The Hall–Kier alpha value is -1.02. The maximum atomic E-state index is 5.84. The number of unbranched alkanes of at least 4 members (excludes halogenated alkanes) is 4. The van der Waals surface area contributed by atoms with Crippen LogP contribution in [0.25, 0.3) is 0 Å². The lowest BCUT2D eigenvalue weighted by Gasteiger charge is -2.18. The van der Waals surface area contributed by atoms with Crippen LogP contribution in [-0.2, 0) is 0 Å². The van der Waals surface area contributed by atoms with Crippen LogP contribution in [0.1, 0.15) is 52.4 Å². The second-order valence-corrected chi connectivity index (χ2v) is 5.08. The fourth-order valence-corrected chi connectivity index (χ4v) is 2.24. The molecule has 0 saturated heterocycles. The number of rotatable bonds is 11. The van der Waals surface area contributed by atoms with E-state index in [9.17, 15) is 0 Å². The van der Waals surface area contributed by atoms with Gasteiger partial charge in [0.1, 0.15) is 12.4 Å². The Labute approximate surface area is 118 Å². The number of nitrogens with one attached hydrogen (secondary N) is 1. The topological polar surface area (TPSA) is 21.3 Å². The zero-order valence-corrected chi connectivity index (χ0v) is 12.5. The third kappa shape index (κ3) is 7.89. The Morgan fingerprint density at radius 2 is 1.74 bits per heavy atom. The lowest BCUT2D eigenvalue weighted by atomic mass is 10.1. The van der Waals surface area contributed by atoms with Gasteiger partial charge < -0.3 is 10.1 Å². The van der Waals surface area contributed by atoms with Gasteiger partial charge in [-0.15, -0.1) is 0 Å². The van der Waals surface area contributed by atoms with Crippen LogP contribution < -0.4 is 10.1 Å². The van der Waals surface area contributed by atoms with Crippen molar-refractivity contribution in [2.45, 2.75) is 58.4 Å². The van der Waals surface area contributed by atoms with E-state index in [2.05, 4.69) is 19.2 Å². The minimum absolute atomic E-state index is 0.479. The predicted octanol–water partition coefficient (Wildman–Crippen LogP) is 4.40. The van der Waals surface area contributed by atoms with Crippen molar-refractivity contribution >= 4 is 0 Å². The fraction of sp³-hybridized carbons (Fsp3) is 0.647. The van der Waals surface area contributed by atoms with Gasteiger partial charge in [-0.3, -0.25) is 0 Å². The van der Waals surface area contributed by atoms with Crippen molar-refractivity contribution in [1.82, 2.24) is 5.32 Å². The van der Waals surface area contributed by atoms with Crippen molar-refractivity contribution in [2.75, 3.05) is 13.2 Å². The quantitative estimate of drug-likeness (QED) is 0.597. The predicted molar refractivity (Wildman–Crippen MR) is 82.8 cm³/mol. The summed E-state index contributed by atoms with van der Waals surface area (Å²) in [5, 5.41) is 3.52. The number of hydrogen-bond donors (Lipinski definition) is 1. The van der Waals surface area contributed by atoms with E-state index in [1.54, 1.807) is 0 Å². The van der Waals surface area contributed by atoms with Gasteiger partial charge in [0.25, 0.3) is 0 Å². The molecule has 108 valence electrons. The highest BCUT2D eigenvalue weighted by molar-refractivity contribution is 5.20. The second-order valence-electron chi connectivity index (χ2n) is 5.08. The molecule has 0 amide bonds. The fourth-order valence-electron chi connectivity index (χ4n) is 2.24. The monoisotopic (exact) mass is 263 g/mol. The molecule has 1 N–H and O–H groups in total. The molecule has 1 aromatic rings. The second kappa shape index (κ2) is 10.9. The summed E-state index contributed by atoms with van der Waals surface area (Å²) in [6.07, 6.45) is 7.91. The van der Waals surface area contributed by atoms with Crippen molar-refractivity contribution < 1.29 is 4.74 Å². The highest BCUT2D eigenvalue weighted by Gasteiger charge is 2.07. The Morgan fingerprint density at radius 1 is 1.00 bits per heavy atom. The lowest BCUT2D eigenvalue weighted by molar-refractivity contribution is 0.255. The zero-order valence-electron chi connectivity index (χ0n) is 12.5. The van der Waals surface area contributed by atoms with Crippen molar-refractivity contribution in [3.05, 3.63) is 30.3 Å². The van der Waals surface area contributed by atoms with Gasteiger partial charge in [0.05, 0.1) is 0 Å². The number of para-hydroxylation sites is 1. The van der Waals surface area contributed by atoms with Crippen LogP contribution in [0.15, 0.2) is 30.3 Å². The van der Waals surface area contributed by atoms with E-state index in [4.69, 9.17) is 4.74 Å². The number of likely N-dealkylation sites (N-methyl/N-ethyl adjacent to an activating group) is 1. The van der Waals surface area contributed by atoms with E-state index in [0.717, 1.165) is 18.9 Å². The van der Waals surface area contributed by atoms with Crippen LogP contribution in [-0.4, -0.2) is 19.2 Å². The molecule has 0 radical (unpaired) electrons. The number of hydrogen-bond acceptors (Lipinski definition) is 2. The first-order chi connectivity index (χ1) is 9.36. The lowest BCUT2D eigenvalue weighted by Crippen LogP contribution is -2.34. The molecule has 0 bridgehead atoms. The van der Waals surface area contributed by atoms with Gasteiger partial charge >= 0.3 is 0 Å². The summed E-state index contributed by atoms with van der Waals surface area (Å²) >= 11 is 0. The Kier molecular flexibility index (Phi) is 9.17. The number of benzene rings is 1. The standard InChI is InChI=1S/C17H29NO/c1-3-5-6-7-9-12-16(18-4-2)15-19-17-13-10-8-11-14-17/h8,10-11,13-14,16,18H,3-7,9,12,15H2,1-2H3. The summed E-state index contributed by atoms with van der Waals surface area (Å²) in [6.45, 7) is 6.20. The summed E-state index contributed by atoms with van der Waals surface area (Å²) in [5.74, 6) is 0.969. The first kappa shape index (κ1) is 16.0. The van der Waals surface area contributed by atoms with E-state index in [-0.39, 0.29) is 0 Å². The molecular formula is C17H29NO. The smallest absolute Gasteiger partial charge is 0.119 e. The highest BCUT2D eigenvalue weighted by Crippen LogP contribution is 2.11.